The zero-order valence-corrected chi connectivity index (χ0v) is 12.0. The number of pyridine rings is 1. The van der Waals surface area contributed by atoms with Crippen molar-refractivity contribution in [1.82, 2.24) is 4.98 Å². The van der Waals surface area contributed by atoms with Crippen molar-refractivity contribution in [3.63, 3.8) is 0 Å². The van der Waals surface area contributed by atoms with Crippen LogP contribution >= 0.6 is 11.6 Å². The fraction of sp³-hybridized carbons (Fsp3) is 0.118. The molecule has 0 atom stereocenters. The van der Waals surface area contributed by atoms with Crippen LogP contribution in [0.5, 0.6) is 0 Å². The molecule has 1 heterocycles. The first-order valence-corrected chi connectivity index (χ1v) is 6.77. The first kappa shape index (κ1) is 13.1. The van der Waals surface area contributed by atoms with Gasteiger partial charge in [0, 0.05) is 17.0 Å². The predicted molar refractivity (Wildman–Crippen MR) is 81.6 cm³/mol. The minimum absolute atomic E-state index is 0.260. The standard InChI is InChI=1S/C17H13ClFN/c1-10-8-13-15(9-14(10)19)20-17(11(2)16(13)18)12-6-4-3-5-7-12/h3-9H,1-2H3. The lowest BCUT2D eigenvalue weighted by Crippen LogP contribution is -1.94. The van der Waals surface area contributed by atoms with E-state index in [1.54, 1.807) is 13.0 Å². The lowest BCUT2D eigenvalue weighted by atomic mass is 10.0. The van der Waals surface area contributed by atoms with Crippen LogP contribution in [0.25, 0.3) is 22.2 Å². The summed E-state index contributed by atoms with van der Waals surface area (Å²) in [6, 6.07) is 13.0. The molecule has 0 saturated heterocycles. The van der Waals surface area contributed by atoms with Crippen LogP contribution < -0.4 is 0 Å². The van der Waals surface area contributed by atoms with Crippen LogP contribution in [0.1, 0.15) is 11.1 Å². The van der Waals surface area contributed by atoms with Crippen LogP contribution in [0, 0.1) is 19.7 Å². The van der Waals surface area contributed by atoms with E-state index in [0.717, 1.165) is 22.2 Å². The van der Waals surface area contributed by atoms with Crippen LogP contribution in [0.4, 0.5) is 4.39 Å². The first-order valence-electron chi connectivity index (χ1n) is 6.39. The molecule has 0 saturated carbocycles. The topological polar surface area (TPSA) is 12.9 Å². The third-order valence-electron chi connectivity index (χ3n) is 3.48. The Morgan fingerprint density at radius 3 is 2.45 bits per heavy atom. The van der Waals surface area contributed by atoms with Gasteiger partial charge in [-0.3, -0.25) is 0 Å². The Labute approximate surface area is 122 Å². The van der Waals surface area contributed by atoms with Gasteiger partial charge < -0.3 is 0 Å². The van der Waals surface area contributed by atoms with Gasteiger partial charge in [0.05, 0.1) is 16.2 Å². The molecule has 0 spiro atoms. The molecule has 0 unspecified atom stereocenters. The third-order valence-corrected chi connectivity index (χ3v) is 3.96. The summed E-state index contributed by atoms with van der Waals surface area (Å²) in [4.78, 5) is 4.58. The van der Waals surface area contributed by atoms with E-state index in [2.05, 4.69) is 4.98 Å². The van der Waals surface area contributed by atoms with E-state index in [9.17, 15) is 4.39 Å². The Bertz CT molecular complexity index is 797. The largest absolute Gasteiger partial charge is 0.247 e. The van der Waals surface area contributed by atoms with Crippen LogP contribution in [0.3, 0.4) is 0 Å². The fourth-order valence-corrected chi connectivity index (χ4v) is 2.57. The highest BCUT2D eigenvalue weighted by Gasteiger charge is 2.13. The molecule has 0 aliphatic carbocycles. The molecule has 0 aliphatic rings. The van der Waals surface area contributed by atoms with Crippen molar-refractivity contribution in [2.75, 3.05) is 0 Å². The van der Waals surface area contributed by atoms with Gasteiger partial charge in [0.15, 0.2) is 0 Å². The van der Waals surface area contributed by atoms with Gasteiger partial charge in [0.1, 0.15) is 5.82 Å². The molecule has 0 bridgehead atoms. The van der Waals surface area contributed by atoms with Gasteiger partial charge in [0.25, 0.3) is 0 Å². The van der Waals surface area contributed by atoms with Crippen LogP contribution in [-0.4, -0.2) is 4.98 Å². The molecule has 100 valence electrons. The highest BCUT2D eigenvalue weighted by molar-refractivity contribution is 6.36. The molecule has 0 amide bonds. The highest BCUT2D eigenvalue weighted by atomic mass is 35.5. The number of fused-ring (bicyclic) bond motifs is 1. The van der Waals surface area contributed by atoms with Gasteiger partial charge in [-0.1, -0.05) is 41.9 Å². The van der Waals surface area contributed by atoms with Crippen molar-refractivity contribution >= 4 is 22.5 Å². The van der Waals surface area contributed by atoms with E-state index in [-0.39, 0.29) is 5.82 Å². The molecule has 3 aromatic rings. The van der Waals surface area contributed by atoms with Crippen LogP contribution in [-0.2, 0) is 0 Å². The van der Waals surface area contributed by atoms with E-state index in [4.69, 9.17) is 11.6 Å². The van der Waals surface area contributed by atoms with E-state index in [0.29, 0.717) is 16.1 Å². The maximum atomic E-state index is 13.7. The minimum atomic E-state index is -0.260. The Morgan fingerprint density at radius 2 is 1.75 bits per heavy atom. The van der Waals surface area contributed by atoms with Gasteiger partial charge in [-0.15, -0.1) is 0 Å². The second kappa shape index (κ2) is 4.88. The second-order valence-corrected chi connectivity index (χ2v) is 5.26. The van der Waals surface area contributed by atoms with Crippen molar-refractivity contribution in [3.8, 4) is 11.3 Å². The van der Waals surface area contributed by atoms with Crippen molar-refractivity contribution < 1.29 is 4.39 Å². The van der Waals surface area contributed by atoms with Gasteiger partial charge in [-0.25, -0.2) is 9.37 Å². The van der Waals surface area contributed by atoms with Gasteiger partial charge in [-0.05, 0) is 31.0 Å². The van der Waals surface area contributed by atoms with Gasteiger partial charge in [0.2, 0.25) is 0 Å². The molecule has 0 N–H and O–H groups in total. The Balaban J connectivity index is 2.36. The normalized spacial score (nSPS) is 11.0. The number of nitrogens with zero attached hydrogens (tertiary/aromatic N) is 1. The summed E-state index contributed by atoms with van der Waals surface area (Å²) in [6.45, 7) is 3.67. The van der Waals surface area contributed by atoms with Gasteiger partial charge >= 0.3 is 0 Å². The summed E-state index contributed by atoms with van der Waals surface area (Å²) in [5.74, 6) is -0.260. The molecule has 2 aromatic carbocycles. The zero-order valence-electron chi connectivity index (χ0n) is 11.2. The average Bonchev–Trinajstić information content (AvgIpc) is 2.46. The smallest absolute Gasteiger partial charge is 0.128 e. The van der Waals surface area contributed by atoms with E-state index in [1.807, 2.05) is 37.3 Å². The maximum absolute atomic E-state index is 13.7. The minimum Gasteiger partial charge on any atom is -0.247 e. The summed E-state index contributed by atoms with van der Waals surface area (Å²) in [7, 11) is 0. The number of aromatic nitrogens is 1. The summed E-state index contributed by atoms with van der Waals surface area (Å²) < 4.78 is 13.7. The lowest BCUT2D eigenvalue weighted by molar-refractivity contribution is 0.620. The summed E-state index contributed by atoms with van der Waals surface area (Å²) in [5.41, 5.74) is 3.85. The maximum Gasteiger partial charge on any atom is 0.128 e. The summed E-state index contributed by atoms with van der Waals surface area (Å²) in [6.07, 6.45) is 0. The summed E-state index contributed by atoms with van der Waals surface area (Å²) >= 11 is 6.44. The van der Waals surface area contributed by atoms with Crippen molar-refractivity contribution in [2.45, 2.75) is 13.8 Å². The Morgan fingerprint density at radius 1 is 1.05 bits per heavy atom. The summed E-state index contributed by atoms with van der Waals surface area (Å²) in [5, 5.41) is 1.43. The molecule has 20 heavy (non-hydrogen) atoms. The van der Waals surface area contributed by atoms with Crippen molar-refractivity contribution in [1.29, 1.82) is 0 Å². The molecular weight excluding hydrogens is 273 g/mol. The quantitative estimate of drug-likeness (QED) is 0.590. The molecule has 0 radical (unpaired) electrons. The van der Waals surface area contributed by atoms with Gasteiger partial charge in [-0.2, -0.15) is 0 Å². The second-order valence-electron chi connectivity index (χ2n) is 4.88. The molecule has 0 fully saturated rings. The van der Waals surface area contributed by atoms with E-state index >= 15 is 0 Å². The third kappa shape index (κ3) is 2.06. The molecule has 0 aliphatic heterocycles. The number of benzene rings is 2. The first-order chi connectivity index (χ1) is 9.58. The lowest BCUT2D eigenvalue weighted by Gasteiger charge is -2.11. The van der Waals surface area contributed by atoms with Crippen LogP contribution in [0.15, 0.2) is 42.5 Å². The molecule has 1 nitrogen and oxygen atoms in total. The Hall–Kier alpha value is -1.93. The highest BCUT2D eigenvalue weighted by Crippen LogP contribution is 2.33. The van der Waals surface area contributed by atoms with Crippen molar-refractivity contribution in [2.24, 2.45) is 0 Å². The Kier molecular flexibility index (Phi) is 3.19. The van der Waals surface area contributed by atoms with E-state index < -0.39 is 0 Å². The number of rotatable bonds is 1. The van der Waals surface area contributed by atoms with Crippen molar-refractivity contribution in [3.05, 3.63) is 64.4 Å². The number of aryl methyl sites for hydroxylation is 1. The molecule has 3 rings (SSSR count). The molecule has 3 heteroatoms. The predicted octanol–water partition coefficient (Wildman–Crippen LogP) is 5.31. The number of halogens is 2. The number of hydrogen-bond donors (Lipinski definition) is 0. The fourth-order valence-electron chi connectivity index (χ4n) is 2.33. The number of hydrogen-bond acceptors (Lipinski definition) is 1. The zero-order chi connectivity index (χ0) is 14.3. The molecule has 1 aromatic heterocycles. The van der Waals surface area contributed by atoms with E-state index in [1.165, 1.54) is 6.07 Å². The van der Waals surface area contributed by atoms with Crippen LogP contribution in [0.2, 0.25) is 5.02 Å². The average molecular weight is 286 g/mol. The monoisotopic (exact) mass is 285 g/mol. The molecular formula is C17H13ClFN. The SMILES string of the molecule is Cc1cc2c(Cl)c(C)c(-c3ccccc3)nc2cc1F.